The fraction of sp³-hybridized carbons (Fsp3) is 1.00. The average molecular weight is 181 g/mol. The molecule has 0 aliphatic heterocycles. The fourth-order valence-electron chi connectivity index (χ4n) is 0.262. The average Bonchev–Trinajstić information content (AvgIpc) is 1.81. The van der Waals surface area contributed by atoms with E-state index in [4.69, 9.17) is 0 Å². The molecule has 0 saturated heterocycles. The van der Waals surface area contributed by atoms with Gasteiger partial charge in [-0.2, -0.15) is 0 Å². The van der Waals surface area contributed by atoms with E-state index < -0.39 is 14.8 Å². The van der Waals surface area contributed by atoms with Gasteiger partial charge in [0.25, 0.3) is 0 Å². The number of nitrogens with one attached hydrogen (secondary N) is 1. The quantitative estimate of drug-likeness (QED) is 0.651. The molecule has 0 fully saturated rings. The molecule has 0 bridgehead atoms. The van der Waals surface area contributed by atoms with Gasteiger partial charge < -0.3 is 0 Å². The standard InChI is InChI=1S/C6H15NO3S/c1-5-10-7-11(8,9)6(2,3)4/h7H,5H2,1-4H3. The van der Waals surface area contributed by atoms with Crippen molar-refractivity contribution < 1.29 is 13.3 Å². The summed E-state index contributed by atoms with van der Waals surface area (Å²) in [6.45, 7) is 6.86. The van der Waals surface area contributed by atoms with E-state index in [2.05, 4.69) is 4.84 Å². The molecule has 4 nitrogen and oxygen atoms in total. The van der Waals surface area contributed by atoms with Crippen molar-refractivity contribution in [3.63, 3.8) is 0 Å². The summed E-state index contributed by atoms with van der Waals surface area (Å²) in [4.78, 5) is 6.61. The van der Waals surface area contributed by atoms with Gasteiger partial charge in [0.1, 0.15) is 0 Å². The minimum Gasteiger partial charge on any atom is -0.287 e. The SMILES string of the molecule is CCONS(=O)(=O)C(C)(C)C. The Morgan fingerprint density at radius 3 is 2.09 bits per heavy atom. The molecule has 0 spiro atoms. The third kappa shape index (κ3) is 3.18. The highest BCUT2D eigenvalue weighted by Crippen LogP contribution is 2.12. The Hall–Kier alpha value is -0.130. The maximum absolute atomic E-state index is 11.2. The van der Waals surface area contributed by atoms with Crippen LogP contribution in [0.4, 0.5) is 0 Å². The normalized spacial score (nSPS) is 13.5. The zero-order chi connectivity index (χ0) is 9.12. The first-order valence-electron chi connectivity index (χ1n) is 3.44. The van der Waals surface area contributed by atoms with Crippen LogP contribution in [0.1, 0.15) is 27.7 Å². The van der Waals surface area contributed by atoms with Crippen molar-refractivity contribution in [3.05, 3.63) is 0 Å². The van der Waals surface area contributed by atoms with E-state index >= 15 is 0 Å². The molecule has 5 heteroatoms. The van der Waals surface area contributed by atoms with Crippen molar-refractivity contribution >= 4 is 10.0 Å². The van der Waals surface area contributed by atoms with Gasteiger partial charge in [-0.05, 0) is 27.7 Å². The lowest BCUT2D eigenvalue weighted by Crippen LogP contribution is -2.39. The highest BCUT2D eigenvalue weighted by molar-refractivity contribution is 7.90. The number of hydrogen-bond acceptors (Lipinski definition) is 3. The van der Waals surface area contributed by atoms with E-state index in [9.17, 15) is 8.42 Å². The highest BCUT2D eigenvalue weighted by Gasteiger charge is 2.28. The van der Waals surface area contributed by atoms with E-state index in [0.29, 0.717) is 6.61 Å². The van der Waals surface area contributed by atoms with Crippen LogP contribution in [0.15, 0.2) is 0 Å². The molecule has 68 valence electrons. The fourth-order valence-corrected chi connectivity index (χ4v) is 0.785. The summed E-state index contributed by atoms with van der Waals surface area (Å²) >= 11 is 0. The number of rotatable bonds is 3. The Morgan fingerprint density at radius 1 is 1.36 bits per heavy atom. The largest absolute Gasteiger partial charge is 0.287 e. The molecule has 11 heavy (non-hydrogen) atoms. The van der Waals surface area contributed by atoms with Crippen LogP contribution in [0.3, 0.4) is 0 Å². The topological polar surface area (TPSA) is 55.4 Å². The Morgan fingerprint density at radius 2 is 1.82 bits per heavy atom. The molecule has 0 heterocycles. The van der Waals surface area contributed by atoms with Crippen LogP contribution in [0.5, 0.6) is 0 Å². The van der Waals surface area contributed by atoms with Crippen LogP contribution in [0.25, 0.3) is 0 Å². The first-order valence-corrected chi connectivity index (χ1v) is 4.92. The molecule has 0 rings (SSSR count). The molecule has 0 aliphatic rings. The van der Waals surface area contributed by atoms with Crippen LogP contribution >= 0.6 is 0 Å². The van der Waals surface area contributed by atoms with Crippen LogP contribution in [0, 0.1) is 0 Å². The minimum absolute atomic E-state index is 0.329. The third-order valence-corrected chi connectivity index (χ3v) is 3.07. The van der Waals surface area contributed by atoms with Crippen molar-refractivity contribution in [2.24, 2.45) is 0 Å². The zero-order valence-corrected chi connectivity index (χ0v) is 8.16. The highest BCUT2D eigenvalue weighted by atomic mass is 32.2. The molecule has 0 atom stereocenters. The lowest BCUT2D eigenvalue weighted by Gasteiger charge is -2.18. The van der Waals surface area contributed by atoms with Crippen LogP contribution in [-0.4, -0.2) is 19.8 Å². The van der Waals surface area contributed by atoms with E-state index in [1.165, 1.54) is 0 Å². The van der Waals surface area contributed by atoms with Gasteiger partial charge in [-0.25, -0.2) is 8.42 Å². The molecule has 1 N–H and O–H groups in total. The van der Waals surface area contributed by atoms with Gasteiger partial charge >= 0.3 is 0 Å². The van der Waals surface area contributed by atoms with Gasteiger partial charge in [-0.3, -0.25) is 4.84 Å². The summed E-state index contributed by atoms with van der Waals surface area (Å²) in [7, 11) is -3.33. The Labute approximate surface area is 67.9 Å². The van der Waals surface area contributed by atoms with Crippen molar-refractivity contribution in [1.29, 1.82) is 0 Å². The van der Waals surface area contributed by atoms with E-state index in [1.54, 1.807) is 27.7 Å². The molecule has 0 aliphatic carbocycles. The number of hydrogen-bond donors (Lipinski definition) is 1. The van der Waals surface area contributed by atoms with E-state index in [-0.39, 0.29) is 0 Å². The van der Waals surface area contributed by atoms with E-state index in [0.717, 1.165) is 0 Å². The second-order valence-electron chi connectivity index (χ2n) is 3.13. The first-order chi connectivity index (χ1) is 4.81. The van der Waals surface area contributed by atoms with Crippen molar-refractivity contribution in [2.45, 2.75) is 32.4 Å². The van der Waals surface area contributed by atoms with Gasteiger partial charge in [0.2, 0.25) is 10.0 Å². The summed E-state index contributed by atoms with van der Waals surface area (Å²) in [6.07, 6.45) is 0. The summed E-state index contributed by atoms with van der Waals surface area (Å²) in [6, 6.07) is 0. The Kier molecular flexibility index (Phi) is 3.47. The molecule has 0 amide bonds. The summed E-state index contributed by atoms with van der Waals surface area (Å²) < 4.78 is 21.5. The first kappa shape index (κ1) is 10.9. The van der Waals surface area contributed by atoms with Crippen molar-refractivity contribution in [1.82, 2.24) is 4.89 Å². The van der Waals surface area contributed by atoms with Crippen molar-refractivity contribution in [2.75, 3.05) is 6.61 Å². The lowest BCUT2D eigenvalue weighted by molar-refractivity contribution is 0.104. The molecule has 0 radical (unpaired) electrons. The predicted octanol–water partition coefficient (Wildman–Crippen LogP) is 0.656. The van der Waals surface area contributed by atoms with E-state index in [1.807, 2.05) is 4.89 Å². The predicted molar refractivity (Wildman–Crippen MR) is 43.4 cm³/mol. The van der Waals surface area contributed by atoms with Crippen LogP contribution in [0.2, 0.25) is 0 Å². The molecule has 0 saturated carbocycles. The second-order valence-corrected chi connectivity index (χ2v) is 5.53. The molecule has 0 aromatic carbocycles. The summed E-state index contributed by atoms with van der Waals surface area (Å²) in [5.41, 5.74) is 0. The van der Waals surface area contributed by atoms with Crippen LogP contribution in [-0.2, 0) is 14.9 Å². The monoisotopic (exact) mass is 181 g/mol. The minimum atomic E-state index is -3.33. The molecule has 0 aromatic rings. The smallest absolute Gasteiger partial charge is 0.238 e. The van der Waals surface area contributed by atoms with Gasteiger partial charge in [0.15, 0.2) is 0 Å². The molecular formula is C6H15NO3S. The Bertz CT molecular complexity index is 202. The summed E-state index contributed by atoms with van der Waals surface area (Å²) in [5, 5.41) is 0. The van der Waals surface area contributed by atoms with Gasteiger partial charge in [-0.15, -0.1) is 0 Å². The van der Waals surface area contributed by atoms with Crippen molar-refractivity contribution in [3.8, 4) is 0 Å². The second kappa shape index (κ2) is 3.51. The molecular weight excluding hydrogens is 166 g/mol. The summed E-state index contributed by atoms with van der Waals surface area (Å²) in [5.74, 6) is 0. The molecule has 0 unspecified atom stereocenters. The number of sulfonamides is 1. The lowest BCUT2D eigenvalue weighted by atomic mass is 10.3. The van der Waals surface area contributed by atoms with Crippen LogP contribution < -0.4 is 4.89 Å². The third-order valence-electron chi connectivity index (χ3n) is 1.12. The van der Waals surface area contributed by atoms with Gasteiger partial charge in [-0.1, -0.05) is 4.89 Å². The Balaban J connectivity index is 4.26. The zero-order valence-electron chi connectivity index (χ0n) is 7.34. The van der Waals surface area contributed by atoms with Gasteiger partial charge in [0, 0.05) is 0 Å². The van der Waals surface area contributed by atoms with Gasteiger partial charge in [0.05, 0.1) is 11.4 Å². The maximum Gasteiger partial charge on any atom is 0.238 e. The maximum atomic E-state index is 11.2. The molecule has 0 aromatic heterocycles.